The minimum absolute atomic E-state index is 0.0789. The summed E-state index contributed by atoms with van der Waals surface area (Å²) in [7, 11) is 0. The van der Waals surface area contributed by atoms with Crippen LogP contribution in [0.4, 0.5) is 0 Å². The molecule has 0 aromatic heterocycles. The van der Waals surface area contributed by atoms with E-state index in [1.807, 2.05) is 6.92 Å². The third-order valence-corrected chi connectivity index (χ3v) is 5.01. The van der Waals surface area contributed by atoms with Crippen LogP contribution in [-0.4, -0.2) is 103 Å². The van der Waals surface area contributed by atoms with E-state index < -0.39 is 43.2 Å². The number of ether oxygens (including phenoxy) is 3. The Morgan fingerprint density at radius 1 is 0.939 bits per heavy atom. The van der Waals surface area contributed by atoms with Crippen molar-refractivity contribution in [1.29, 1.82) is 0 Å². The summed E-state index contributed by atoms with van der Waals surface area (Å²) in [5, 5.41) is 37.5. The molecule has 0 aromatic rings. The Morgan fingerprint density at radius 2 is 1.61 bits per heavy atom. The number of aliphatic hydroxyl groups is 3. The maximum atomic E-state index is 11.9. The minimum atomic E-state index is -1.36. The molecule has 33 heavy (non-hydrogen) atoms. The van der Waals surface area contributed by atoms with Crippen LogP contribution in [0.1, 0.15) is 46.0 Å². The van der Waals surface area contributed by atoms with Gasteiger partial charge in [0.05, 0.1) is 13.2 Å². The average molecular weight is 478 g/mol. The third kappa shape index (κ3) is 11.7. The second-order valence-electron chi connectivity index (χ2n) is 7.76. The van der Waals surface area contributed by atoms with Crippen molar-refractivity contribution in [2.75, 3.05) is 39.5 Å². The molecule has 0 radical (unpaired) electrons. The highest BCUT2D eigenvalue weighted by Crippen LogP contribution is 2.22. The molecule has 1 rings (SSSR count). The van der Waals surface area contributed by atoms with Crippen LogP contribution in [0.15, 0.2) is 0 Å². The van der Waals surface area contributed by atoms with Crippen LogP contribution in [-0.2, 0) is 28.6 Å². The Kier molecular flexibility index (Phi) is 14.8. The van der Waals surface area contributed by atoms with Gasteiger partial charge in [-0.15, -0.1) is 0 Å². The van der Waals surface area contributed by atoms with E-state index in [9.17, 15) is 29.7 Å². The first kappa shape index (κ1) is 29.2. The van der Waals surface area contributed by atoms with Gasteiger partial charge in [0, 0.05) is 46.1 Å². The van der Waals surface area contributed by atoms with Crippen molar-refractivity contribution in [3.63, 3.8) is 0 Å². The number of rotatable bonds is 16. The monoisotopic (exact) mass is 477 g/mol. The zero-order valence-electron chi connectivity index (χ0n) is 19.5. The summed E-state index contributed by atoms with van der Waals surface area (Å²) in [6.45, 7) is 4.73. The van der Waals surface area contributed by atoms with E-state index >= 15 is 0 Å². The number of hydrogen-bond acceptors (Lipinski definition) is 9. The van der Waals surface area contributed by atoms with Crippen molar-refractivity contribution in [3.05, 3.63) is 0 Å². The molecule has 3 amide bonds. The second kappa shape index (κ2) is 16.7. The van der Waals surface area contributed by atoms with E-state index in [0.717, 1.165) is 0 Å². The van der Waals surface area contributed by atoms with Crippen LogP contribution in [0, 0.1) is 0 Å². The largest absolute Gasteiger partial charge is 0.394 e. The number of amides is 3. The number of nitrogens with one attached hydrogen (secondary N) is 3. The van der Waals surface area contributed by atoms with E-state index in [0.29, 0.717) is 58.4 Å². The fourth-order valence-electron chi connectivity index (χ4n) is 3.23. The highest BCUT2D eigenvalue weighted by Gasteiger charge is 2.45. The SMILES string of the molecule is CCOCCC(=O)NCCCNC(=O)CCCCO[C@@H]1O[C@H](CO)[C@H](O)[C@H](O)C1NC(C)=O. The van der Waals surface area contributed by atoms with Crippen molar-refractivity contribution < 1.29 is 43.9 Å². The predicted octanol–water partition coefficient (Wildman–Crippen LogP) is -1.83. The van der Waals surface area contributed by atoms with Crippen molar-refractivity contribution in [2.24, 2.45) is 0 Å². The second-order valence-corrected chi connectivity index (χ2v) is 7.76. The summed E-state index contributed by atoms with van der Waals surface area (Å²) < 4.78 is 16.2. The first-order valence-electron chi connectivity index (χ1n) is 11.4. The molecule has 1 aliphatic heterocycles. The summed E-state index contributed by atoms with van der Waals surface area (Å²) in [6, 6.07) is -0.983. The molecule has 0 aliphatic carbocycles. The molecule has 1 saturated heterocycles. The first-order chi connectivity index (χ1) is 15.8. The molecule has 6 N–H and O–H groups in total. The molecule has 1 fully saturated rings. The number of hydrogen-bond donors (Lipinski definition) is 6. The number of unbranched alkanes of at least 4 members (excludes halogenated alkanes) is 1. The zero-order valence-corrected chi connectivity index (χ0v) is 19.5. The van der Waals surface area contributed by atoms with Gasteiger partial charge in [0.2, 0.25) is 17.7 Å². The fourth-order valence-corrected chi connectivity index (χ4v) is 3.23. The molecular formula is C21H39N3O9. The normalized spacial score (nSPS) is 24.8. The van der Waals surface area contributed by atoms with Crippen molar-refractivity contribution >= 4 is 17.7 Å². The van der Waals surface area contributed by atoms with Gasteiger partial charge in [-0.2, -0.15) is 0 Å². The molecule has 5 atom stereocenters. The molecule has 1 unspecified atom stereocenters. The van der Waals surface area contributed by atoms with Gasteiger partial charge in [0.15, 0.2) is 6.29 Å². The maximum absolute atomic E-state index is 11.9. The minimum Gasteiger partial charge on any atom is -0.394 e. The van der Waals surface area contributed by atoms with Crippen molar-refractivity contribution in [3.8, 4) is 0 Å². The Morgan fingerprint density at radius 3 is 2.21 bits per heavy atom. The van der Waals surface area contributed by atoms with Gasteiger partial charge in [-0.3, -0.25) is 14.4 Å². The van der Waals surface area contributed by atoms with Crippen LogP contribution >= 0.6 is 0 Å². The molecule has 1 aliphatic rings. The summed E-state index contributed by atoms with van der Waals surface area (Å²) >= 11 is 0. The lowest BCUT2D eigenvalue weighted by molar-refractivity contribution is -0.270. The summed E-state index contributed by atoms with van der Waals surface area (Å²) in [5.74, 6) is -0.612. The smallest absolute Gasteiger partial charge is 0.222 e. The summed E-state index contributed by atoms with van der Waals surface area (Å²) in [4.78, 5) is 34.8. The zero-order chi connectivity index (χ0) is 24.6. The first-order valence-corrected chi connectivity index (χ1v) is 11.4. The topological polar surface area (TPSA) is 176 Å². The number of carbonyl (C=O) groups excluding carboxylic acids is 3. The van der Waals surface area contributed by atoms with E-state index in [-0.39, 0.29) is 18.4 Å². The summed E-state index contributed by atoms with van der Waals surface area (Å²) in [6.07, 6.45) is -2.48. The van der Waals surface area contributed by atoms with Crippen LogP contribution in [0.25, 0.3) is 0 Å². The predicted molar refractivity (Wildman–Crippen MR) is 117 cm³/mol. The van der Waals surface area contributed by atoms with Crippen molar-refractivity contribution in [2.45, 2.75) is 76.6 Å². The lowest BCUT2D eigenvalue weighted by Gasteiger charge is -2.42. The Bertz CT molecular complexity index is 593. The van der Waals surface area contributed by atoms with Gasteiger partial charge in [-0.25, -0.2) is 0 Å². The molecule has 12 heteroatoms. The lowest BCUT2D eigenvalue weighted by Crippen LogP contribution is -2.64. The molecule has 0 aromatic carbocycles. The Labute approximate surface area is 194 Å². The van der Waals surface area contributed by atoms with Gasteiger partial charge in [0.1, 0.15) is 24.4 Å². The fraction of sp³-hybridized carbons (Fsp3) is 0.857. The molecule has 0 bridgehead atoms. The Balaban J connectivity index is 2.18. The van der Waals surface area contributed by atoms with E-state index in [4.69, 9.17) is 14.2 Å². The van der Waals surface area contributed by atoms with Crippen LogP contribution < -0.4 is 16.0 Å². The van der Waals surface area contributed by atoms with Gasteiger partial charge in [-0.05, 0) is 26.2 Å². The standard InChI is InChI=1S/C21H39N3O9/c1-3-31-12-8-17(28)23-10-6-9-22-16(27)7-4-5-11-32-21-18(24-14(2)26)20(30)19(29)15(13-25)33-21/h15,18-21,25,29-30H,3-13H2,1-2H3,(H,22,27)(H,23,28)(H,24,26)/t15-,18?,19+,20-,21-/m1/s1. The van der Waals surface area contributed by atoms with Gasteiger partial charge in [-0.1, -0.05) is 0 Å². The lowest BCUT2D eigenvalue weighted by atomic mass is 9.97. The molecule has 0 saturated carbocycles. The quantitative estimate of drug-likeness (QED) is 0.140. The average Bonchev–Trinajstić information content (AvgIpc) is 2.77. The molecule has 0 spiro atoms. The molecule has 12 nitrogen and oxygen atoms in total. The van der Waals surface area contributed by atoms with Gasteiger partial charge >= 0.3 is 0 Å². The van der Waals surface area contributed by atoms with Gasteiger partial charge in [0.25, 0.3) is 0 Å². The number of carbonyl (C=O) groups is 3. The van der Waals surface area contributed by atoms with Crippen LogP contribution in [0.3, 0.4) is 0 Å². The van der Waals surface area contributed by atoms with Crippen LogP contribution in [0.2, 0.25) is 0 Å². The maximum Gasteiger partial charge on any atom is 0.222 e. The highest BCUT2D eigenvalue weighted by molar-refractivity contribution is 5.76. The van der Waals surface area contributed by atoms with Gasteiger partial charge < -0.3 is 45.5 Å². The summed E-state index contributed by atoms with van der Waals surface area (Å²) in [5.41, 5.74) is 0. The van der Waals surface area contributed by atoms with Crippen LogP contribution in [0.5, 0.6) is 0 Å². The van der Waals surface area contributed by atoms with Crippen molar-refractivity contribution in [1.82, 2.24) is 16.0 Å². The third-order valence-electron chi connectivity index (χ3n) is 5.01. The molecular weight excluding hydrogens is 438 g/mol. The van der Waals surface area contributed by atoms with E-state index in [1.165, 1.54) is 6.92 Å². The van der Waals surface area contributed by atoms with E-state index in [2.05, 4.69) is 16.0 Å². The molecule has 192 valence electrons. The molecule has 1 heterocycles. The number of aliphatic hydroxyl groups excluding tert-OH is 3. The Hall–Kier alpha value is -1.83. The van der Waals surface area contributed by atoms with E-state index in [1.54, 1.807) is 0 Å². The highest BCUT2D eigenvalue weighted by atomic mass is 16.7.